The number of aliphatic carboxylic acids is 1. The molecule has 0 bridgehead atoms. The number of rotatable bonds is 4. The number of aliphatic hydroxyl groups excluding tert-OH is 2. The predicted molar refractivity (Wildman–Crippen MR) is 122 cm³/mol. The molecule has 0 radical (unpaired) electrons. The van der Waals surface area contributed by atoms with Crippen LogP contribution in [0.5, 0.6) is 0 Å². The molecule has 5 aliphatic rings. The Bertz CT molecular complexity index is 875. The number of fused-ring (bicyclic) bond motifs is 5. The van der Waals surface area contributed by atoms with Gasteiger partial charge in [-0.1, -0.05) is 6.92 Å². The van der Waals surface area contributed by atoms with Crippen molar-refractivity contribution in [3.8, 4) is 0 Å². The smallest absolute Gasteiger partial charge is 0.331 e. The van der Waals surface area contributed by atoms with E-state index in [2.05, 4.69) is 12.7 Å². The summed E-state index contributed by atoms with van der Waals surface area (Å²) in [6, 6.07) is 0. The molecule has 0 unspecified atom stereocenters. The van der Waals surface area contributed by atoms with E-state index in [1.54, 1.807) is 6.08 Å². The molecular formula is C26H41NO8. The Morgan fingerprint density at radius 2 is 1.86 bits per heavy atom. The molecule has 0 spiro atoms. The zero-order valence-electron chi connectivity index (χ0n) is 20.7. The molecule has 0 aromatic rings. The summed E-state index contributed by atoms with van der Waals surface area (Å²) in [5, 5.41) is 54.3. The van der Waals surface area contributed by atoms with E-state index in [0.717, 1.165) is 25.0 Å². The predicted octanol–water partition coefficient (Wildman–Crippen LogP) is -0.940. The Kier molecular flexibility index (Phi) is 7.14. The van der Waals surface area contributed by atoms with Crippen LogP contribution in [0.3, 0.4) is 0 Å². The van der Waals surface area contributed by atoms with E-state index in [-0.39, 0.29) is 56.2 Å². The number of cyclic esters (lactones) is 1. The van der Waals surface area contributed by atoms with E-state index in [4.69, 9.17) is 9.84 Å². The molecule has 0 aromatic carbocycles. The third kappa shape index (κ3) is 3.85. The van der Waals surface area contributed by atoms with Crippen LogP contribution >= 0.6 is 0 Å². The fourth-order valence-electron chi connectivity index (χ4n) is 8.58. The van der Waals surface area contributed by atoms with Crippen LogP contribution in [0.1, 0.15) is 71.1 Å². The van der Waals surface area contributed by atoms with Gasteiger partial charge >= 0.3 is 5.97 Å². The summed E-state index contributed by atoms with van der Waals surface area (Å²) in [5.41, 5.74) is -0.0180. The van der Waals surface area contributed by atoms with E-state index in [9.17, 15) is 30.0 Å². The largest absolute Gasteiger partial charge is 0.549 e. The molecule has 198 valence electrons. The lowest BCUT2D eigenvalue weighted by molar-refractivity contribution is -0.369. The number of hydrogen-bond donors (Lipinski definition) is 5. The number of hydrogen-bond acceptors (Lipinski definition) is 8. The average Bonchev–Trinajstić information content (AvgIpc) is 3.33. The quantitative estimate of drug-likeness (QED) is 0.311. The Hall–Kier alpha value is -1.52. The van der Waals surface area contributed by atoms with Gasteiger partial charge in [0, 0.05) is 36.4 Å². The molecule has 9 heteroatoms. The summed E-state index contributed by atoms with van der Waals surface area (Å²) in [4.78, 5) is 24.2. The van der Waals surface area contributed by atoms with E-state index in [1.807, 2.05) is 0 Å². The molecule has 7 N–H and O–H groups in total. The maximum atomic E-state index is 12.6. The molecule has 1 heterocycles. The third-order valence-electron chi connectivity index (χ3n) is 10.3. The first-order valence-electron chi connectivity index (χ1n) is 13.1. The molecule has 8 atom stereocenters. The number of aliphatic hydroxyl groups is 4. The summed E-state index contributed by atoms with van der Waals surface area (Å²) in [5.74, 6) is -2.19. The van der Waals surface area contributed by atoms with Crippen molar-refractivity contribution >= 4 is 11.9 Å². The van der Waals surface area contributed by atoms with Crippen molar-refractivity contribution in [1.29, 1.82) is 0 Å². The fourth-order valence-corrected chi connectivity index (χ4v) is 8.58. The van der Waals surface area contributed by atoms with Crippen molar-refractivity contribution in [1.82, 2.24) is 0 Å². The molecule has 4 saturated carbocycles. The second kappa shape index (κ2) is 9.41. The van der Waals surface area contributed by atoms with Gasteiger partial charge in [0.25, 0.3) is 0 Å². The summed E-state index contributed by atoms with van der Waals surface area (Å²) in [7, 11) is 0. The van der Waals surface area contributed by atoms with Gasteiger partial charge in [-0.3, -0.25) is 0 Å². The van der Waals surface area contributed by atoms with Crippen LogP contribution in [0.4, 0.5) is 0 Å². The van der Waals surface area contributed by atoms with Gasteiger partial charge < -0.3 is 40.8 Å². The van der Waals surface area contributed by atoms with E-state index < -0.39 is 34.1 Å². The van der Waals surface area contributed by atoms with Crippen molar-refractivity contribution < 1.29 is 45.6 Å². The molecule has 1 aliphatic heterocycles. The zero-order valence-corrected chi connectivity index (χ0v) is 20.7. The fraction of sp³-hybridized carbons (Fsp3) is 0.846. The molecule has 4 fully saturated rings. The van der Waals surface area contributed by atoms with Crippen molar-refractivity contribution in [2.45, 2.75) is 88.4 Å². The lowest BCUT2D eigenvalue weighted by atomic mass is 9.41. The number of quaternary nitrogens is 1. The van der Waals surface area contributed by atoms with Gasteiger partial charge in [0.15, 0.2) is 0 Å². The lowest BCUT2D eigenvalue weighted by Crippen LogP contribution is -2.72. The number of carbonyl (C=O) groups is 2. The standard InChI is InChI=1S/C23H32O7.C3H9NO/c1-20-6-3-16-17(23(20,29)9-5-15(20)13-10-18(25)30-12-13)4-7-21(28)11-14(24)2-8-22(16,21)19(26)27;4-2-1-3-5/h10,14-17,24,28-29H,2-9,11-12H2,1H3,(H,26,27);5H,1-4H2/t14-,15+,16-,17+,20+,21-,22+,23-;/m0./s1. The number of carbonyl (C=O) groups excluding carboxylic acids is 2. The van der Waals surface area contributed by atoms with Crippen LogP contribution in [0.25, 0.3) is 0 Å². The maximum absolute atomic E-state index is 12.6. The Morgan fingerprint density at radius 3 is 2.43 bits per heavy atom. The number of ether oxygens (including phenoxy) is 1. The van der Waals surface area contributed by atoms with Crippen LogP contribution in [0, 0.1) is 28.6 Å². The Morgan fingerprint density at radius 1 is 1.14 bits per heavy atom. The van der Waals surface area contributed by atoms with Crippen LogP contribution in [-0.2, 0) is 14.3 Å². The second-order valence-corrected chi connectivity index (χ2v) is 11.7. The molecule has 5 rings (SSSR count). The van der Waals surface area contributed by atoms with Gasteiger partial charge in [-0.2, -0.15) is 0 Å². The van der Waals surface area contributed by atoms with Crippen LogP contribution in [0.15, 0.2) is 11.6 Å². The van der Waals surface area contributed by atoms with Gasteiger partial charge in [-0.15, -0.1) is 0 Å². The molecular weight excluding hydrogens is 454 g/mol. The molecule has 0 amide bonds. The van der Waals surface area contributed by atoms with Crippen molar-refractivity contribution in [3.63, 3.8) is 0 Å². The van der Waals surface area contributed by atoms with E-state index >= 15 is 0 Å². The highest BCUT2D eigenvalue weighted by molar-refractivity contribution is 5.85. The highest BCUT2D eigenvalue weighted by Crippen LogP contribution is 2.70. The normalized spacial score (nSPS) is 46.3. The number of esters is 1. The topological polar surface area (TPSA) is 175 Å². The lowest BCUT2D eigenvalue weighted by Gasteiger charge is -2.67. The monoisotopic (exact) mass is 495 g/mol. The summed E-state index contributed by atoms with van der Waals surface area (Å²) in [6.07, 6.45) is 5.48. The molecule has 9 nitrogen and oxygen atoms in total. The first kappa shape index (κ1) is 26.5. The molecule has 0 saturated heterocycles. The van der Waals surface area contributed by atoms with Crippen LogP contribution in [-0.4, -0.2) is 69.4 Å². The van der Waals surface area contributed by atoms with E-state index in [1.165, 1.54) is 0 Å². The van der Waals surface area contributed by atoms with Crippen LogP contribution in [0.2, 0.25) is 0 Å². The van der Waals surface area contributed by atoms with Gasteiger partial charge in [0.05, 0.1) is 29.8 Å². The highest BCUT2D eigenvalue weighted by Gasteiger charge is 2.71. The zero-order chi connectivity index (χ0) is 25.6. The van der Waals surface area contributed by atoms with Gasteiger partial charge in [-0.25, -0.2) is 4.79 Å². The van der Waals surface area contributed by atoms with Gasteiger partial charge in [-0.05, 0) is 74.7 Å². The van der Waals surface area contributed by atoms with E-state index in [0.29, 0.717) is 32.1 Å². The van der Waals surface area contributed by atoms with Crippen LogP contribution < -0.4 is 10.8 Å². The molecule has 4 aliphatic carbocycles. The maximum Gasteiger partial charge on any atom is 0.331 e. The number of carboxylic acid groups (broad SMARTS) is 1. The summed E-state index contributed by atoms with van der Waals surface area (Å²) >= 11 is 0. The minimum absolute atomic E-state index is 0.0304. The Balaban J connectivity index is 0.000000527. The first-order chi connectivity index (χ1) is 16.5. The SMILES string of the molecule is C[C@]12CC[C@H]3[C@@H](CC[C@]4(O)C[C@@H](O)CC[C@]34C(=O)[O-])[C@@]1(O)CC[C@@H]2C1=CC(=O)OC1.[NH3+]CCCO. The molecule has 35 heavy (non-hydrogen) atoms. The average molecular weight is 496 g/mol. The van der Waals surface area contributed by atoms with Crippen molar-refractivity contribution in [2.24, 2.45) is 28.6 Å². The van der Waals surface area contributed by atoms with Gasteiger partial charge in [0.2, 0.25) is 0 Å². The summed E-state index contributed by atoms with van der Waals surface area (Å²) < 4.78 is 5.13. The van der Waals surface area contributed by atoms with Gasteiger partial charge in [0.1, 0.15) is 6.61 Å². The minimum Gasteiger partial charge on any atom is -0.549 e. The van der Waals surface area contributed by atoms with Crippen molar-refractivity contribution in [2.75, 3.05) is 19.8 Å². The first-order valence-corrected chi connectivity index (χ1v) is 13.1. The Labute approximate surface area is 206 Å². The van der Waals surface area contributed by atoms with Crippen molar-refractivity contribution in [3.05, 3.63) is 11.6 Å². The minimum atomic E-state index is -1.50. The number of carboxylic acids is 1. The second-order valence-electron chi connectivity index (χ2n) is 11.7. The highest BCUT2D eigenvalue weighted by atomic mass is 16.5. The molecule has 0 aromatic heterocycles. The summed E-state index contributed by atoms with van der Waals surface area (Å²) in [6.45, 7) is 3.46. The third-order valence-corrected chi connectivity index (χ3v) is 10.3.